The standard InChI is InChI=1S/C27H27F3N4O5/c1-31-24(37)32-19-9-10-20-18(13-19)11-12-26(20)23(36)34(25(38)39-26)15-21(35)33(14-16-5-3-2-4-6-16)22(17-7-8-17)27(28,29)30/h2-6,9-10,13,17,22H,7-8,11-12,14-15H2,1H3,(H2,31,32,37)/t22?,26-/m1/s1. The van der Waals surface area contributed by atoms with Crippen LogP contribution in [0.2, 0.25) is 0 Å². The third-order valence-corrected chi connectivity index (χ3v) is 7.39. The van der Waals surface area contributed by atoms with E-state index < -0.39 is 54.2 Å². The van der Waals surface area contributed by atoms with E-state index in [1.807, 2.05) is 0 Å². The Morgan fingerprint density at radius 1 is 1.15 bits per heavy atom. The number of fused-ring (bicyclic) bond motifs is 2. The number of ether oxygens (including phenoxy) is 1. The van der Waals surface area contributed by atoms with Crippen LogP contribution in [0.15, 0.2) is 48.5 Å². The second-order valence-corrected chi connectivity index (χ2v) is 9.99. The van der Waals surface area contributed by atoms with E-state index in [0.717, 1.165) is 4.90 Å². The Labute approximate surface area is 222 Å². The lowest BCUT2D eigenvalue weighted by Crippen LogP contribution is -2.53. The molecule has 2 N–H and O–H groups in total. The summed E-state index contributed by atoms with van der Waals surface area (Å²) in [6, 6.07) is 10.6. The lowest BCUT2D eigenvalue weighted by Gasteiger charge is -2.34. The van der Waals surface area contributed by atoms with Crippen molar-refractivity contribution in [2.24, 2.45) is 5.92 Å². The van der Waals surface area contributed by atoms with Crippen molar-refractivity contribution < 1.29 is 37.1 Å². The van der Waals surface area contributed by atoms with E-state index in [-0.39, 0.29) is 13.0 Å². The van der Waals surface area contributed by atoms with Gasteiger partial charge in [0, 0.05) is 31.3 Å². The summed E-state index contributed by atoms with van der Waals surface area (Å²) >= 11 is 0. The second kappa shape index (κ2) is 9.90. The minimum Gasteiger partial charge on any atom is -0.427 e. The highest BCUT2D eigenvalue weighted by Gasteiger charge is 2.59. The fraction of sp³-hybridized carbons (Fsp3) is 0.407. The summed E-state index contributed by atoms with van der Waals surface area (Å²) in [7, 11) is 1.47. The number of rotatable bonds is 7. The van der Waals surface area contributed by atoms with Crippen LogP contribution in [-0.2, 0) is 32.9 Å². The number of hydrogen-bond donors (Lipinski definition) is 2. The smallest absolute Gasteiger partial charge is 0.418 e. The average molecular weight is 545 g/mol. The van der Waals surface area contributed by atoms with Crippen molar-refractivity contribution in [1.29, 1.82) is 0 Å². The first kappa shape index (κ1) is 26.5. The van der Waals surface area contributed by atoms with E-state index >= 15 is 0 Å². The summed E-state index contributed by atoms with van der Waals surface area (Å²) in [5.74, 6) is -2.51. The van der Waals surface area contributed by atoms with Crippen molar-refractivity contribution in [3.05, 3.63) is 65.2 Å². The van der Waals surface area contributed by atoms with Crippen molar-refractivity contribution in [3.8, 4) is 0 Å². The Balaban J connectivity index is 1.39. The minimum atomic E-state index is -4.67. The number of carbonyl (C=O) groups excluding carboxylic acids is 4. The number of amides is 5. The Kier molecular flexibility index (Phi) is 6.73. The van der Waals surface area contributed by atoms with Crippen molar-refractivity contribution in [1.82, 2.24) is 15.1 Å². The molecule has 0 bridgehead atoms. The first-order valence-electron chi connectivity index (χ1n) is 12.6. The summed E-state index contributed by atoms with van der Waals surface area (Å²) in [5, 5.41) is 5.06. The zero-order valence-electron chi connectivity index (χ0n) is 21.1. The topological polar surface area (TPSA) is 108 Å². The molecule has 1 saturated heterocycles. The summed E-state index contributed by atoms with van der Waals surface area (Å²) < 4.78 is 47.9. The summed E-state index contributed by atoms with van der Waals surface area (Å²) in [4.78, 5) is 52.8. The van der Waals surface area contributed by atoms with Gasteiger partial charge in [0.2, 0.25) is 11.5 Å². The third-order valence-electron chi connectivity index (χ3n) is 7.39. The van der Waals surface area contributed by atoms with Gasteiger partial charge in [0.1, 0.15) is 12.6 Å². The molecule has 2 fully saturated rings. The zero-order chi connectivity index (χ0) is 27.9. The van der Waals surface area contributed by atoms with Crippen molar-refractivity contribution in [2.45, 2.75) is 50.0 Å². The third kappa shape index (κ3) is 5.02. The molecule has 1 unspecified atom stereocenters. The van der Waals surface area contributed by atoms with Crippen molar-refractivity contribution >= 4 is 29.6 Å². The molecule has 2 aromatic carbocycles. The quantitative estimate of drug-likeness (QED) is 0.549. The second-order valence-electron chi connectivity index (χ2n) is 9.99. The van der Waals surface area contributed by atoms with E-state index in [2.05, 4.69) is 10.6 Å². The first-order valence-corrected chi connectivity index (χ1v) is 12.6. The molecular weight excluding hydrogens is 517 g/mol. The lowest BCUT2D eigenvalue weighted by molar-refractivity contribution is -0.196. The molecule has 9 nitrogen and oxygen atoms in total. The number of alkyl halides is 3. The number of hydrogen-bond acceptors (Lipinski definition) is 5. The Bertz CT molecular complexity index is 1310. The normalized spacial score (nSPS) is 21.0. The average Bonchev–Trinajstić information content (AvgIpc) is 3.62. The molecule has 39 heavy (non-hydrogen) atoms. The van der Waals surface area contributed by atoms with Gasteiger partial charge in [0.15, 0.2) is 0 Å². The van der Waals surface area contributed by atoms with Crippen LogP contribution >= 0.6 is 0 Å². The van der Waals surface area contributed by atoms with Gasteiger partial charge in [-0.1, -0.05) is 36.4 Å². The van der Waals surface area contributed by atoms with Crippen molar-refractivity contribution in [3.63, 3.8) is 0 Å². The van der Waals surface area contributed by atoms with Crippen LogP contribution in [0.1, 0.15) is 36.0 Å². The molecule has 3 aliphatic rings. The Morgan fingerprint density at radius 3 is 2.51 bits per heavy atom. The summed E-state index contributed by atoms with van der Waals surface area (Å²) in [6.07, 6.45) is -4.61. The lowest BCUT2D eigenvalue weighted by atomic mass is 9.94. The molecule has 1 saturated carbocycles. The fourth-order valence-electron chi connectivity index (χ4n) is 5.38. The van der Waals surface area contributed by atoms with Crippen LogP contribution in [0.25, 0.3) is 0 Å². The van der Waals surface area contributed by atoms with Crippen LogP contribution in [0.3, 0.4) is 0 Å². The van der Waals surface area contributed by atoms with E-state index in [0.29, 0.717) is 46.5 Å². The number of urea groups is 1. The largest absolute Gasteiger partial charge is 0.427 e. The summed E-state index contributed by atoms with van der Waals surface area (Å²) in [6.45, 7) is -1.18. The highest BCUT2D eigenvalue weighted by molar-refractivity contribution is 6.06. The van der Waals surface area contributed by atoms with E-state index in [1.54, 1.807) is 48.5 Å². The number of nitrogens with zero attached hydrogens (tertiary/aromatic N) is 2. The molecule has 1 spiro atoms. The Hall–Kier alpha value is -4.09. The Morgan fingerprint density at radius 2 is 1.87 bits per heavy atom. The fourth-order valence-corrected chi connectivity index (χ4v) is 5.38. The first-order chi connectivity index (χ1) is 18.5. The van der Waals surface area contributed by atoms with E-state index in [9.17, 15) is 32.3 Å². The SMILES string of the molecule is CNC(=O)Nc1ccc2c(c1)CC[C@@]21OC(=O)N(CC(=O)N(Cc2ccccc2)C(C2CC2)C(F)(F)F)C1=O. The predicted molar refractivity (Wildman–Crippen MR) is 132 cm³/mol. The van der Waals surface area contributed by atoms with Crippen LogP contribution in [-0.4, -0.2) is 59.5 Å². The molecule has 1 heterocycles. The molecule has 5 amide bonds. The summed E-state index contributed by atoms with van der Waals surface area (Å²) in [5.41, 5.74) is 0.408. The molecular formula is C27H27F3N4O5. The van der Waals surface area contributed by atoms with E-state index in [4.69, 9.17) is 4.74 Å². The van der Waals surface area contributed by atoms with Gasteiger partial charge < -0.3 is 20.3 Å². The molecule has 0 radical (unpaired) electrons. The molecule has 12 heteroatoms. The predicted octanol–water partition coefficient (Wildman–Crippen LogP) is 3.93. The van der Waals surface area contributed by atoms with Crippen molar-refractivity contribution in [2.75, 3.05) is 18.9 Å². The number of carbonyl (C=O) groups is 4. The van der Waals surface area contributed by atoms with Gasteiger partial charge in [0.05, 0.1) is 0 Å². The highest BCUT2D eigenvalue weighted by Crippen LogP contribution is 2.47. The molecule has 1 aliphatic heterocycles. The molecule has 2 aliphatic carbocycles. The zero-order valence-corrected chi connectivity index (χ0v) is 21.1. The van der Waals surface area contributed by atoms with Gasteiger partial charge >= 0.3 is 18.3 Å². The molecule has 5 rings (SSSR count). The number of anilines is 1. The van der Waals surface area contributed by atoms with Crippen LogP contribution < -0.4 is 10.6 Å². The maximum atomic E-state index is 14.1. The molecule has 2 atom stereocenters. The number of aryl methyl sites for hydroxylation is 1. The monoisotopic (exact) mass is 544 g/mol. The number of halogens is 3. The molecule has 0 aromatic heterocycles. The number of imide groups is 1. The van der Waals surface area contributed by atoms with Gasteiger partial charge in [-0.25, -0.2) is 14.5 Å². The molecule has 2 aromatic rings. The van der Waals surface area contributed by atoms with Gasteiger partial charge in [-0.15, -0.1) is 0 Å². The maximum Gasteiger partial charge on any atom is 0.418 e. The van der Waals surface area contributed by atoms with Crippen LogP contribution in [0, 0.1) is 5.92 Å². The van der Waals surface area contributed by atoms with Gasteiger partial charge in [0.25, 0.3) is 5.91 Å². The number of benzene rings is 2. The van der Waals surface area contributed by atoms with Gasteiger partial charge in [-0.2, -0.15) is 13.2 Å². The molecule has 206 valence electrons. The van der Waals surface area contributed by atoms with E-state index in [1.165, 1.54) is 7.05 Å². The van der Waals surface area contributed by atoms with Crippen LogP contribution in [0.4, 0.5) is 28.4 Å². The minimum absolute atomic E-state index is 0.113. The highest BCUT2D eigenvalue weighted by atomic mass is 19.4. The number of nitrogens with one attached hydrogen (secondary N) is 2. The van der Waals surface area contributed by atoms with Crippen LogP contribution in [0.5, 0.6) is 0 Å². The maximum absolute atomic E-state index is 14.1. The van der Waals surface area contributed by atoms with Gasteiger partial charge in [-0.3, -0.25) is 9.59 Å². The van der Waals surface area contributed by atoms with Gasteiger partial charge in [-0.05, 0) is 48.4 Å².